The summed E-state index contributed by atoms with van der Waals surface area (Å²) < 4.78 is 131. The van der Waals surface area contributed by atoms with Crippen molar-refractivity contribution in [2.75, 3.05) is 0 Å². The first-order chi connectivity index (χ1) is 32.1. The molecule has 9 aromatic rings. The third-order valence-electron chi connectivity index (χ3n) is 10.4. The van der Waals surface area contributed by atoms with E-state index in [1.165, 1.54) is 0 Å². The van der Waals surface area contributed by atoms with E-state index >= 15 is 0 Å². The second-order valence-corrected chi connectivity index (χ2v) is 13.2. The summed E-state index contributed by atoms with van der Waals surface area (Å²) in [4.78, 5) is 0. The van der Waals surface area contributed by atoms with Gasteiger partial charge in [0.1, 0.15) is 11.3 Å². The van der Waals surface area contributed by atoms with Crippen molar-refractivity contribution in [2.24, 2.45) is 5.92 Å². The Balaban J connectivity index is 1.25. The number of para-hydroxylation sites is 1. The normalized spacial score (nSPS) is 20.9. The number of allylic oxidation sites excluding steroid dienone is 5. The van der Waals surface area contributed by atoms with Crippen LogP contribution in [0.25, 0.3) is 88.5 Å². The summed E-state index contributed by atoms with van der Waals surface area (Å²) in [5, 5.41) is 5.23. The van der Waals surface area contributed by atoms with Gasteiger partial charge in [-0.3, -0.25) is 0 Å². The van der Waals surface area contributed by atoms with E-state index in [4.69, 9.17) is 19.5 Å². The molecule has 0 saturated heterocycles. The van der Waals surface area contributed by atoms with E-state index in [2.05, 4.69) is 0 Å². The highest BCUT2D eigenvalue weighted by atomic mass is 16.3. The Kier molecular flexibility index (Phi) is 4.33. The lowest BCUT2D eigenvalue weighted by Gasteiger charge is -2.32. The largest absolute Gasteiger partial charge is 0.455 e. The second-order valence-electron chi connectivity index (χ2n) is 13.2. The smallest absolute Gasteiger partial charge is 0.144 e. The maximum atomic E-state index is 9.96. The first-order valence-corrected chi connectivity index (χ1v) is 17.4. The van der Waals surface area contributed by atoms with Gasteiger partial charge in [0.05, 0.1) is 19.2 Å². The molecule has 1 heterocycles. The van der Waals surface area contributed by atoms with Gasteiger partial charge in [-0.2, -0.15) is 0 Å². The Morgan fingerprint density at radius 3 is 1.92 bits per heavy atom. The summed E-state index contributed by atoms with van der Waals surface area (Å²) in [6.45, 7) is 0. The minimum Gasteiger partial charge on any atom is -0.455 e. The topological polar surface area (TPSA) is 13.1 Å². The Morgan fingerprint density at radius 2 is 1.15 bits per heavy atom. The lowest BCUT2D eigenvalue weighted by atomic mass is 9.70. The van der Waals surface area contributed by atoms with Gasteiger partial charge < -0.3 is 4.42 Å². The van der Waals surface area contributed by atoms with Gasteiger partial charge in [-0.15, -0.1) is 0 Å². The molecule has 0 aliphatic heterocycles. The third kappa shape index (κ3) is 4.64. The number of hydrogen-bond donors (Lipinski definition) is 0. The standard InChI is InChI=1S/C52H34O/c1-2-15-33(16-3-1)35-30-29-34-18-14-27-44(46(34)31-35)49-40-22-8-10-24-42(40)50(43-25-11-9-23-41(43)49)52-51(45-26-12-13-28-48(45)53-52)47-32-36-17-4-5-19-37(36)38-20-6-7-21-39(38)47/h1-32,38-39H/i1D,2D,3D,4D,5D,6D,7D,15D,16D,17D,19D,20D,21D,32D. The zero-order valence-electron chi connectivity index (χ0n) is 42.0. The summed E-state index contributed by atoms with van der Waals surface area (Å²) in [5.41, 5.74) is 3.55. The molecular weight excluding hydrogens is 641 g/mol. The third-order valence-corrected chi connectivity index (χ3v) is 10.4. The van der Waals surface area contributed by atoms with E-state index in [0.29, 0.717) is 33.4 Å². The molecule has 8 aromatic carbocycles. The first kappa shape index (κ1) is 19.2. The average molecular weight is 689 g/mol. The molecule has 1 heteroatoms. The second kappa shape index (κ2) is 11.9. The molecule has 0 N–H and O–H groups in total. The predicted octanol–water partition coefficient (Wildman–Crippen LogP) is 14.3. The quantitative estimate of drug-likeness (QED) is 0.168. The molecule has 1 aromatic heterocycles. The van der Waals surface area contributed by atoms with Crippen LogP contribution in [0.1, 0.15) is 41.8 Å². The van der Waals surface area contributed by atoms with Gasteiger partial charge in [0.15, 0.2) is 0 Å². The van der Waals surface area contributed by atoms with E-state index in [9.17, 15) is 4.11 Å². The molecule has 0 spiro atoms. The number of benzene rings is 8. The van der Waals surface area contributed by atoms with Gasteiger partial charge in [-0.05, 0) is 83.4 Å². The van der Waals surface area contributed by atoms with Gasteiger partial charge in [0.25, 0.3) is 0 Å². The van der Waals surface area contributed by atoms with Crippen LogP contribution >= 0.6 is 0 Å². The lowest BCUT2D eigenvalue weighted by molar-refractivity contribution is 0.630. The zero-order chi connectivity index (χ0) is 47.1. The van der Waals surface area contributed by atoms with Crippen LogP contribution in [0.15, 0.2) is 192 Å². The van der Waals surface area contributed by atoms with Crippen LogP contribution < -0.4 is 0 Å². The van der Waals surface area contributed by atoms with Gasteiger partial charge >= 0.3 is 0 Å². The molecule has 0 radical (unpaired) electrons. The van der Waals surface area contributed by atoms with Crippen LogP contribution in [-0.4, -0.2) is 0 Å². The van der Waals surface area contributed by atoms with Gasteiger partial charge in [0.2, 0.25) is 0 Å². The van der Waals surface area contributed by atoms with Crippen molar-refractivity contribution in [3.8, 4) is 33.6 Å². The molecule has 0 saturated carbocycles. The summed E-state index contributed by atoms with van der Waals surface area (Å²) in [5.74, 6) is -2.25. The van der Waals surface area contributed by atoms with E-state index in [0.717, 1.165) is 43.4 Å². The molecule has 0 amide bonds. The molecule has 1 nitrogen and oxygen atoms in total. The van der Waals surface area contributed by atoms with Crippen molar-refractivity contribution in [3.05, 3.63) is 204 Å². The molecular formula is C52H34O. The summed E-state index contributed by atoms with van der Waals surface area (Å²) in [6.07, 6.45) is 0. The fraction of sp³-hybridized carbons (Fsp3) is 0.0385. The Morgan fingerprint density at radius 1 is 0.491 bits per heavy atom. The number of rotatable bonds is 4. The van der Waals surface area contributed by atoms with Crippen molar-refractivity contribution in [3.63, 3.8) is 0 Å². The Hall–Kier alpha value is -6.70. The van der Waals surface area contributed by atoms with Crippen LogP contribution in [0.3, 0.4) is 0 Å². The molecule has 11 rings (SSSR count). The monoisotopic (exact) mass is 688 g/mol. The number of furan rings is 1. The minimum atomic E-state index is -1.29. The maximum absolute atomic E-state index is 9.96. The summed E-state index contributed by atoms with van der Waals surface area (Å²) in [6, 6.07) is 28.0. The van der Waals surface area contributed by atoms with Crippen LogP contribution in [0.4, 0.5) is 0 Å². The number of fused-ring (bicyclic) bond motifs is 7. The summed E-state index contributed by atoms with van der Waals surface area (Å²) >= 11 is 0. The van der Waals surface area contributed by atoms with Crippen molar-refractivity contribution in [2.45, 2.75) is 5.92 Å². The van der Waals surface area contributed by atoms with Gasteiger partial charge in [-0.25, -0.2) is 0 Å². The van der Waals surface area contributed by atoms with E-state index in [-0.39, 0.29) is 52.5 Å². The molecule has 2 aliphatic rings. The molecule has 248 valence electrons. The molecule has 2 aliphatic carbocycles. The lowest BCUT2D eigenvalue weighted by Crippen LogP contribution is -2.18. The molecule has 0 bridgehead atoms. The Bertz CT molecular complexity index is 3740. The van der Waals surface area contributed by atoms with E-state index < -0.39 is 66.2 Å². The highest BCUT2D eigenvalue weighted by molar-refractivity contribution is 6.24. The van der Waals surface area contributed by atoms with E-state index in [1.807, 2.05) is 84.9 Å². The van der Waals surface area contributed by atoms with Crippen molar-refractivity contribution in [1.29, 1.82) is 0 Å². The van der Waals surface area contributed by atoms with Crippen molar-refractivity contribution >= 4 is 54.9 Å². The molecule has 2 unspecified atom stereocenters. The molecule has 0 fully saturated rings. The van der Waals surface area contributed by atoms with Crippen LogP contribution in [0.5, 0.6) is 0 Å². The van der Waals surface area contributed by atoms with Crippen LogP contribution in [0, 0.1) is 5.92 Å². The summed E-state index contributed by atoms with van der Waals surface area (Å²) in [7, 11) is 0. The van der Waals surface area contributed by atoms with Crippen molar-refractivity contribution < 1.29 is 23.6 Å². The van der Waals surface area contributed by atoms with E-state index in [1.54, 1.807) is 24.3 Å². The highest BCUT2D eigenvalue weighted by Gasteiger charge is 2.34. The van der Waals surface area contributed by atoms with Crippen molar-refractivity contribution in [1.82, 2.24) is 0 Å². The van der Waals surface area contributed by atoms with Gasteiger partial charge in [0, 0.05) is 28.3 Å². The maximum Gasteiger partial charge on any atom is 0.144 e. The average Bonchev–Trinajstić information content (AvgIpc) is 3.72. The number of hydrogen-bond acceptors (Lipinski definition) is 1. The van der Waals surface area contributed by atoms with Crippen LogP contribution in [0.2, 0.25) is 0 Å². The zero-order valence-corrected chi connectivity index (χ0v) is 28.0. The Labute approximate surface area is 328 Å². The highest BCUT2D eigenvalue weighted by Crippen LogP contribution is 2.53. The fourth-order valence-corrected chi connectivity index (χ4v) is 8.15. The molecule has 53 heavy (non-hydrogen) atoms. The fourth-order valence-electron chi connectivity index (χ4n) is 8.15. The van der Waals surface area contributed by atoms with Crippen LogP contribution in [-0.2, 0) is 0 Å². The first-order valence-electron chi connectivity index (χ1n) is 24.4. The van der Waals surface area contributed by atoms with Gasteiger partial charge in [-0.1, -0.05) is 182 Å². The SMILES string of the molecule is [2H]C1=C([2H])C2C(c3c(-c4c5ccccc5c(-c5cccc6ccc(-c7c([2H])c([2H])c([2H])c([2H])c7[2H])cc56)c5ccccc45)oc4ccccc34)=C([2H])c3c([2H])c([2H])c([2H])c([2H])c3C2C([2H])=C1[2H]. The predicted molar refractivity (Wildman–Crippen MR) is 224 cm³/mol. The molecule has 2 atom stereocenters. The minimum absolute atomic E-state index is 0.0591.